The van der Waals surface area contributed by atoms with Crippen LogP contribution in [0.5, 0.6) is 5.75 Å². The minimum Gasteiger partial charge on any atom is -0.496 e. The van der Waals surface area contributed by atoms with Crippen molar-refractivity contribution in [3.05, 3.63) is 63.7 Å². The zero-order valence-corrected chi connectivity index (χ0v) is 14.7. The highest BCUT2D eigenvalue weighted by molar-refractivity contribution is 5.95. The van der Waals surface area contributed by atoms with Crippen molar-refractivity contribution >= 4 is 17.3 Å². The molecule has 1 heterocycles. The van der Waals surface area contributed by atoms with Crippen molar-refractivity contribution in [1.82, 2.24) is 0 Å². The lowest BCUT2D eigenvalue weighted by molar-refractivity contribution is -0.385. The van der Waals surface area contributed by atoms with Crippen LogP contribution in [-0.4, -0.2) is 38.2 Å². The Balaban J connectivity index is 1.87. The average molecular weight is 356 g/mol. The molecule has 0 aromatic heterocycles. The summed E-state index contributed by atoms with van der Waals surface area (Å²) in [5.41, 5.74) is 1.64. The van der Waals surface area contributed by atoms with Gasteiger partial charge in [-0.3, -0.25) is 10.1 Å². The normalized spacial score (nSPS) is 16.4. The minimum absolute atomic E-state index is 0.0317. The van der Waals surface area contributed by atoms with E-state index in [0.29, 0.717) is 5.92 Å². The summed E-state index contributed by atoms with van der Waals surface area (Å²) in [5, 5.41) is 11.2. The topological polar surface area (TPSA) is 81.9 Å². The Morgan fingerprint density at radius 3 is 2.69 bits per heavy atom. The number of rotatable bonds is 5. The van der Waals surface area contributed by atoms with Gasteiger partial charge in [-0.15, -0.1) is 0 Å². The van der Waals surface area contributed by atoms with Crippen molar-refractivity contribution in [2.75, 3.05) is 32.2 Å². The quantitative estimate of drug-likeness (QED) is 0.464. The Morgan fingerprint density at radius 2 is 2.00 bits per heavy atom. The van der Waals surface area contributed by atoms with Gasteiger partial charge in [0.05, 0.1) is 19.1 Å². The summed E-state index contributed by atoms with van der Waals surface area (Å²) in [4.78, 5) is 24.6. The summed E-state index contributed by atoms with van der Waals surface area (Å²) in [6.07, 6.45) is 0.935. The van der Waals surface area contributed by atoms with E-state index < -0.39 is 10.9 Å². The van der Waals surface area contributed by atoms with Gasteiger partial charge in [0.1, 0.15) is 11.3 Å². The number of para-hydroxylation sites is 1. The monoisotopic (exact) mass is 356 g/mol. The maximum Gasteiger partial charge on any atom is 0.344 e. The second-order valence-electron chi connectivity index (χ2n) is 6.12. The van der Waals surface area contributed by atoms with Crippen LogP contribution in [0, 0.1) is 10.1 Å². The van der Waals surface area contributed by atoms with E-state index in [1.807, 2.05) is 18.2 Å². The van der Waals surface area contributed by atoms with E-state index in [4.69, 9.17) is 4.74 Å². The second-order valence-corrected chi connectivity index (χ2v) is 6.12. The first-order valence-electron chi connectivity index (χ1n) is 8.29. The van der Waals surface area contributed by atoms with Gasteiger partial charge in [0.15, 0.2) is 0 Å². The fourth-order valence-corrected chi connectivity index (χ4v) is 3.41. The van der Waals surface area contributed by atoms with Crippen molar-refractivity contribution in [3.63, 3.8) is 0 Å². The van der Waals surface area contributed by atoms with Gasteiger partial charge in [-0.25, -0.2) is 4.79 Å². The van der Waals surface area contributed by atoms with Crippen molar-refractivity contribution < 1.29 is 19.2 Å². The van der Waals surface area contributed by atoms with Gasteiger partial charge in [-0.05, 0) is 30.2 Å². The lowest BCUT2D eigenvalue weighted by Crippen LogP contribution is -2.20. The lowest BCUT2D eigenvalue weighted by Gasteiger charge is -2.20. The first kappa shape index (κ1) is 17.7. The molecule has 1 aliphatic rings. The van der Waals surface area contributed by atoms with E-state index in [1.165, 1.54) is 19.2 Å². The molecule has 7 nitrogen and oxygen atoms in total. The molecule has 7 heteroatoms. The number of ether oxygens (including phenoxy) is 2. The van der Waals surface area contributed by atoms with E-state index in [1.54, 1.807) is 13.2 Å². The zero-order chi connectivity index (χ0) is 18.7. The molecule has 1 unspecified atom stereocenters. The van der Waals surface area contributed by atoms with Gasteiger partial charge in [0.2, 0.25) is 0 Å². The minimum atomic E-state index is -0.709. The van der Waals surface area contributed by atoms with Crippen LogP contribution in [0.4, 0.5) is 11.4 Å². The van der Waals surface area contributed by atoms with Gasteiger partial charge < -0.3 is 14.4 Å². The predicted molar refractivity (Wildman–Crippen MR) is 97.0 cm³/mol. The Kier molecular flexibility index (Phi) is 5.06. The van der Waals surface area contributed by atoms with E-state index in [0.717, 1.165) is 36.5 Å². The van der Waals surface area contributed by atoms with Crippen molar-refractivity contribution in [3.8, 4) is 5.75 Å². The summed E-state index contributed by atoms with van der Waals surface area (Å²) < 4.78 is 10.1. The van der Waals surface area contributed by atoms with E-state index >= 15 is 0 Å². The van der Waals surface area contributed by atoms with Crippen LogP contribution >= 0.6 is 0 Å². The molecule has 0 N–H and O–H groups in total. The number of anilines is 1. The molecule has 0 bridgehead atoms. The Bertz CT molecular complexity index is 836. The molecule has 1 saturated heterocycles. The van der Waals surface area contributed by atoms with Crippen LogP contribution in [0.3, 0.4) is 0 Å². The third-order valence-corrected chi connectivity index (χ3v) is 4.71. The summed E-state index contributed by atoms with van der Waals surface area (Å²) in [7, 11) is 2.87. The zero-order valence-electron chi connectivity index (χ0n) is 14.7. The first-order chi connectivity index (χ1) is 12.5. The summed E-state index contributed by atoms with van der Waals surface area (Å²) in [5.74, 6) is 0.445. The molecule has 1 aliphatic heterocycles. The van der Waals surface area contributed by atoms with Crippen LogP contribution in [0.2, 0.25) is 0 Å². The smallest absolute Gasteiger partial charge is 0.344 e. The van der Waals surface area contributed by atoms with Gasteiger partial charge in [-0.1, -0.05) is 18.2 Å². The fourth-order valence-electron chi connectivity index (χ4n) is 3.41. The standard InChI is InChI=1S/C19H20N2O5/c1-25-18-6-4-3-5-15(18)13-9-10-20(12-13)14-7-8-17(21(23)24)16(11-14)19(22)26-2/h3-8,11,13H,9-10,12H2,1-2H3. The molecule has 0 aliphatic carbocycles. The Hall–Kier alpha value is -3.09. The Labute approximate surface area is 151 Å². The number of esters is 1. The first-order valence-corrected chi connectivity index (χ1v) is 8.29. The molecular weight excluding hydrogens is 336 g/mol. The lowest BCUT2D eigenvalue weighted by atomic mass is 9.97. The largest absolute Gasteiger partial charge is 0.496 e. The van der Waals surface area contributed by atoms with Crippen molar-refractivity contribution in [2.24, 2.45) is 0 Å². The van der Waals surface area contributed by atoms with Crippen LogP contribution in [0.25, 0.3) is 0 Å². The Morgan fingerprint density at radius 1 is 1.23 bits per heavy atom. The third kappa shape index (κ3) is 3.33. The molecule has 2 aromatic rings. The van der Waals surface area contributed by atoms with E-state index in [2.05, 4.69) is 15.7 Å². The number of nitro benzene ring substituents is 1. The molecular formula is C19H20N2O5. The molecule has 3 rings (SSSR count). The average Bonchev–Trinajstić information content (AvgIpc) is 3.16. The number of hydrogen-bond acceptors (Lipinski definition) is 6. The van der Waals surface area contributed by atoms with Crippen LogP contribution in [0.15, 0.2) is 42.5 Å². The molecule has 2 aromatic carbocycles. The van der Waals surface area contributed by atoms with E-state index in [-0.39, 0.29) is 11.3 Å². The molecule has 0 radical (unpaired) electrons. The number of carbonyl (C=O) groups excluding carboxylic acids is 1. The van der Waals surface area contributed by atoms with Crippen molar-refractivity contribution in [1.29, 1.82) is 0 Å². The maximum absolute atomic E-state index is 11.9. The number of carbonyl (C=O) groups is 1. The third-order valence-electron chi connectivity index (χ3n) is 4.71. The fraction of sp³-hybridized carbons (Fsp3) is 0.316. The predicted octanol–water partition coefficient (Wildman–Crippen LogP) is 3.38. The molecule has 1 fully saturated rings. The van der Waals surface area contributed by atoms with Gasteiger partial charge >= 0.3 is 5.97 Å². The van der Waals surface area contributed by atoms with Crippen LogP contribution in [0.1, 0.15) is 28.3 Å². The molecule has 136 valence electrons. The summed E-state index contributed by atoms with van der Waals surface area (Å²) in [6.45, 7) is 1.54. The summed E-state index contributed by atoms with van der Waals surface area (Å²) >= 11 is 0. The number of hydrogen-bond donors (Lipinski definition) is 0. The molecule has 0 saturated carbocycles. The molecule has 0 amide bonds. The van der Waals surface area contributed by atoms with E-state index in [9.17, 15) is 14.9 Å². The summed E-state index contributed by atoms with van der Waals surface area (Å²) in [6, 6.07) is 12.5. The molecule has 1 atom stereocenters. The highest BCUT2D eigenvalue weighted by atomic mass is 16.6. The number of methoxy groups -OCH3 is 2. The van der Waals surface area contributed by atoms with Crippen LogP contribution < -0.4 is 9.64 Å². The van der Waals surface area contributed by atoms with Gasteiger partial charge in [0.25, 0.3) is 5.69 Å². The molecule has 26 heavy (non-hydrogen) atoms. The second kappa shape index (κ2) is 7.43. The number of nitro groups is 1. The van der Waals surface area contributed by atoms with Gasteiger partial charge in [0, 0.05) is 30.8 Å². The van der Waals surface area contributed by atoms with Gasteiger partial charge in [-0.2, -0.15) is 0 Å². The highest BCUT2D eigenvalue weighted by Crippen LogP contribution is 2.36. The SMILES string of the molecule is COC(=O)c1cc(N2CCC(c3ccccc3OC)C2)ccc1[N+](=O)[O-]. The number of benzene rings is 2. The molecule has 0 spiro atoms. The maximum atomic E-state index is 11.9. The van der Waals surface area contributed by atoms with Crippen molar-refractivity contribution in [2.45, 2.75) is 12.3 Å². The number of nitrogens with zero attached hydrogens (tertiary/aromatic N) is 2. The highest BCUT2D eigenvalue weighted by Gasteiger charge is 2.28. The van der Waals surface area contributed by atoms with Crippen LogP contribution in [-0.2, 0) is 4.74 Å².